The topological polar surface area (TPSA) is 39.1 Å². The van der Waals surface area contributed by atoms with Gasteiger partial charge in [-0.1, -0.05) is 6.07 Å². The molecule has 1 aromatic carbocycles. The molecule has 1 aromatic heterocycles. The van der Waals surface area contributed by atoms with Crippen molar-refractivity contribution in [1.82, 2.24) is 9.78 Å². The summed E-state index contributed by atoms with van der Waals surface area (Å²) in [5.74, 6) is 0.907. The normalized spacial score (nSPS) is 10.5. The molecule has 2 rings (SSSR count). The van der Waals surface area contributed by atoms with Crippen LogP contribution in [0.5, 0.6) is 5.75 Å². The van der Waals surface area contributed by atoms with E-state index >= 15 is 0 Å². The Kier molecular flexibility index (Phi) is 4.10. The first-order valence-corrected chi connectivity index (χ1v) is 6.56. The zero-order valence-corrected chi connectivity index (χ0v) is 12.0. The number of aromatic nitrogens is 2. The molecule has 0 radical (unpaired) electrons. The number of rotatable bonds is 5. The van der Waals surface area contributed by atoms with Crippen LogP contribution in [0, 0.1) is 13.8 Å². The van der Waals surface area contributed by atoms with E-state index < -0.39 is 0 Å². The third-order valence-electron chi connectivity index (χ3n) is 3.02. The molecule has 102 valence electrons. The molecule has 4 nitrogen and oxygen atoms in total. The van der Waals surface area contributed by atoms with Gasteiger partial charge in [0.25, 0.3) is 0 Å². The summed E-state index contributed by atoms with van der Waals surface area (Å²) in [7, 11) is 1.94. The minimum absolute atomic E-state index is 0.671. The third kappa shape index (κ3) is 3.28. The molecule has 0 atom stereocenters. The third-order valence-corrected chi connectivity index (χ3v) is 3.02. The molecule has 4 heteroatoms. The number of anilines is 1. The molecule has 0 bridgehead atoms. The van der Waals surface area contributed by atoms with Crippen LogP contribution < -0.4 is 10.1 Å². The van der Waals surface area contributed by atoms with Crippen LogP contribution in [0.2, 0.25) is 0 Å². The van der Waals surface area contributed by atoms with Gasteiger partial charge in [0, 0.05) is 25.4 Å². The Morgan fingerprint density at radius 1 is 1.32 bits per heavy atom. The van der Waals surface area contributed by atoms with Crippen molar-refractivity contribution in [1.29, 1.82) is 0 Å². The molecule has 0 amide bonds. The summed E-state index contributed by atoms with van der Waals surface area (Å²) >= 11 is 0. The highest BCUT2D eigenvalue weighted by atomic mass is 16.5. The van der Waals surface area contributed by atoms with Crippen molar-refractivity contribution in [3.8, 4) is 5.75 Å². The quantitative estimate of drug-likeness (QED) is 0.897. The highest BCUT2D eigenvalue weighted by molar-refractivity contribution is 5.57. The minimum Gasteiger partial charge on any atom is -0.492 e. The number of aryl methyl sites for hydroxylation is 3. The van der Waals surface area contributed by atoms with Crippen molar-refractivity contribution in [2.75, 3.05) is 11.9 Å². The first-order chi connectivity index (χ1) is 9.10. The molecule has 0 aliphatic heterocycles. The van der Waals surface area contributed by atoms with Crippen molar-refractivity contribution in [2.24, 2.45) is 7.05 Å². The van der Waals surface area contributed by atoms with Gasteiger partial charge in [0.05, 0.1) is 18.0 Å². The van der Waals surface area contributed by atoms with Gasteiger partial charge in [-0.2, -0.15) is 5.10 Å². The van der Waals surface area contributed by atoms with Crippen molar-refractivity contribution in [3.05, 3.63) is 41.2 Å². The van der Waals surface area contributed by atoms with Crippen LogP contribution in [0.25, 0.3) is 0 Å². The smallest absolute Gasteiger partial charge is 0.142 e. The van der Waals surface area contributed by atoms with E-state index in [2.05, 4.69) is 35.5 Å². The summed E-state index contributed by atoms with van der Waals surface area (Å²) in [6.45, 7) is 7.51. The molecule has 0 fully saturated rings. The highest BCUT2D eigenvalue weighted by Gasteiger charge is 2.06. The highest BCUT2D eigenvalue weighted by Crippen LogP contribution is 2.26. The average Bonchev–Trinajstić information content (AvgIpc) is 2.67. The van der Waals surface area contributed by atoms with Gasteiger partial charge in [-0.25, -0.2) is 0 Å². The molecule has 0 aliphatic carbocycles. The fraction of sp³-hybridized carbons (Fsp3) is 0.400. The lowest BCUT2D eigenvalue weighted by Gasteiger charge is -2.12. The lowest BCUT2D eigenvalue weighted by Crippen LogP contribution is -2.03. The number of ether oxygens (including phenoxy) is 1. The molecule has 1 heterocycles. The van der Waals surface area contributed by atoms with Crippen molar-refractivity contribution >= 4 is 5.69 Å². The summed E-state index contributed by atoms with van der Waals surface area (Å²) in [5.41, 5.74) is 4.48. The molecule has 0 spiro atoms. The predicted octanol–water partition coefficient (Wildman–Crippen LogP) is 3.05. The average molecular weight is 259 g/mol. The van der Waals surface area contributed by atoms with Crippen molar-refractivity contribution in [3.63, 3.8) is 0 Å². The van der Waals surface area contributed by atoms with E-state index in [4.69, 9.17) is 4.74 Å². The maximum Gasteiger partial charge on any atom is 0.142 e. The number of nitrogens with one attached hydrogen (secondary N) is 1. The van der Waals surface area contributed by atoms with Crippen molar-refractivity contribution < 1.29 is 4.74 Å². The van der Waals surface area contributed by atoms with Gasteiger partial charge < -0.3 is 10.1 Å². The minimum atomic E-state index is 0.671. The fourth-order valence-electron chi connectivity index (χ4n) is 2.06. The Morgan fingerprint density at radius 3 is 2.74 bits per heavy atom. The van der Waals surface area contributed by atoms with E-state index in [0.29, 0.717) is 6.61 Å². The molecule has 2 aromatic rings. The van der Waals surface area contributed by atoms with Crippen LogP contribution in [0.1, 0.15) is 23.7 Å². The Hall–Kier alpha value is -1.97. The lowest BCUT2D eigenvalue weighted by molar-refractivity contribution is 0.341. The van der Waals surface area contributed by atoms with Crippen LogP contribution >= 0.6 is 0 Å². The van der Waals surface area contributed by atoms with E-state index in [1.54, 1.807) is 0 Å². The summed E-state index contributed by atoms with van der Waals surface area (Å²) < 4.78 is 7.50. The van der Waals surface area contributed by atoms with Gasteiger partial charge in [-0.15, -0.1) is 0 Å². The van der Waals surface area contributed by atoms with Crippen LogP contribution in [0.15, 0.2) is 24.4 Å². The SMILES string of the molecule is CCOc1cc(C)ccc1NCc1cn(C)nc1C. The number of hydrogen-bond acceptors (Lipinski definition) is 3. The Balaban J connectivity index is 2.12. The molecule has 0 saturated carbocycles. The monoisotopic (exact) mass is 259 g/mol. The van der Waals surface area contributed by atoms with Crippen LogP contribution in [0.4, 0.5) is 5.69 Å². The zero-order chi connectivity index (χ0) is 13.8. The van der Waals surface area contributed by atoms with Crippen LogP contribution in [0.3, 0.4) is 0 Å². The lowest BCUT2D eigenvalue weighted by atomic mass is 10.2. The summed E-state index contributed by atoms with van der Waals surface area (Å²) in [6.07, 6.45) is 2.04. The van der Waals surface area contributed by atoms with E-state index in [1.807, 2.05) is 31.8 Å². The molecular formula is C15H21N3O. The second-order valence-corrected chi connectivity index (χ2v) is 4.70. The molecule has 1 N–H and O–H groups in total. The standard InChI is InChI=1S/C15H21N3O/c1-5-19-15-8-11(2)6-7-14(15)16-9-13-10-18(4)17-12(13)3/h6-8,10,16H,5,9H2,1-4H3. The van der Waals surface area contributed by atoms with E-state index in [9.17, 15) is 0 Å². The number of benzene rings is 1. The number of hydrogen-bond donors (Lipinski definition) is 1. The Labute approximate surface area is 114 Å². The van der Waals surface area contributed by atoms with Gasteiger partial charge in [0.15, 0.2) is 0 Å². The fourth-order valence-corrected chi connectivity index (χ4v) is 2.06. The van der Waals surface area contributed by atoms with Gasteiger partial charge in [-0.3, -0.25) is 4.68 Å². The first kappa shape index (κ1) is 13.5. The first-order valence-electron chi connectivity index (χ1n) is 6.56. The maximum absolute atomic E-state index is 5.66. The molecule has 0 unspecified atom stereocenters. The van der Waals surface area contributed by atoms with Crippen molar-refractivity contribution in [2.45, 2.75) is 27.3 Å². The van der Waals surface area contributed by atoms with E-state index in [1.165, 1.54) is 11.1 Å². The van der Waals surface area contributed by atoms with Crippen LogP contribution in [-0.2, 0) is 13.6 Å². The van der Waals surface area contributed by atoms with E-state index in [0.717, 1.165) is 23.7 Å². The Bertz CT molecular complexity index is 561. The van der Waals surface area contributed by atoms with Gasteiger partial charge in [0.2, 0.25) is 0 Å². The zero-order valence-electron chi connectivity index (χ0n) is 12.0. The molecule has 0 saturated heterocycles. The van der Waals surface area contributed by atoms with Gasteiger partial charge in [0.1, 0.15) is 5.75 Å². The largest absolute Gasteiger partial charge is 0.492 e. The number of nitrogens with zero attached hydrogens (tertiary/aromatic N) is 2. The molecule has 19 heavy (non-hydrogen) atoms. The second kappa shape index (κ2) is 5.78. The summed E-state index contributed by atoms with van der Waals surface area (Å²) in [5, 5.41) is 7.76. The van der Waals surface area contributed by atoms with E-state index in [-0.39, 0.29) is 0 Å². The Morgan fingerprint density at radius 2 is 2.11 bits per heavy atom. The van der Waals surface area contributed by atoms with Crippen LogP contribution in [-0.4, -0.2) is 16.4 Å². The molecule has 0 aliphatic rings. The predicted molar refractivity (Wildman–Crippen MR) is 77.6 cm³/mol. The van der Waals surface area contributed by atoms with Gasteiger partial charge >= 0.3 is 0 Å². The second-order valence-electron chi connectivity index (χ2n) is 4.70. The maximum atomic E-state index is 5.66. The summed E-state index contributed by atoms with van der Waals surface area (Å²) in [6, 6.07) is 6.20. The molecular weight excluding hydrogens is 238 g/mol. The van der Waals surface area contributed by atoms with Gasteiger partial charge in [-0.05, 0) is 38.5 Å². The summed E-state index contributed by atoms with van der Waals surface area (Å²) in [4.78, 5) is 0.